The summed E-state index contributed by atoms with van der Waals surface area (Å²) < 4.78 is 35.0. The maximum absolute atomic E-state index is 15.7. The van der Waals surface area contributed by atoms with E-state index < -0.39 is 26.4 Å². The van der Waals surface area contributed by atoms with Gasteiger partial charge in [0.1, 0.15) is 0 Å². The number of aryl methyl sites for hydroxylation is 1. The molecule has 1 saturated heterocycles. The number of rotatable bonds is 10. The van der Waals surface area contributed by atoms with Crippen LogP contribution in [0.1, 0.15) is 93.1 Å². The lowest BCUT2D eigenvalue weighted by Gasteiger charge is -2.58. The second kappa shape index (κ2) is 13.3. The maximum Gasteiger partial charge on any atom is 0.192 e. The molecule has 8 heteroatoms. The van der Waals surface area contributed by atoms with Gasteiger partial charge in [0.25, 0.3) is 0 Å². The molecule has 2 fully saturated rings. The van der Waals surface area contributed by atoms with Gasteiger partial charge >= 0.3 is 0 Å². The van der Waals surface area contributed by atoms with E-state index in [9.17, 15) is 0 Å². The molecule has 0 spiro atoms. The van der Waals surface area contributed by atoms with E-state index in [1.54, 1.807) is 0 Å². The highest BCUT2D eigenvalue weighted by Gasteiger charge is 2.54. The van der Waals surface area contributed by atoms with Crippen molar-refractivity contribution in [3.05, 3.63) is 29.8 Å². The highest BCUT2D eigenvalue weighted by atomic mass is 32.2. The summed E-state index contributed by atoms with van der Waals surface area (Å²) in [4.78, 5) is 3.43. The van der Waals surface area contributed by atoms with Gasteiger partial charge < -0.3 is 8.85 Å². The maximum atomic E-state index is 15.7. The van der Waals surface area contributed by atoms with E-state index in [-0.39, 0.29) is 33.7 Å². The number of hydrogen-bond donors (Lipinski definition) is 0. The van der Waals surface area contributed by atoms with Crippen molar-refractivity contribution in [1.29, 1.82) is 0 Å². The summed E-state index contributed by atoms with van der Waals surface area (Å²) in [5, 5.41) is 0.276. The molecule has 0 bridgehead atoms. The summed E-state index contributed by atoms with van der Waals surface area (Å²) in [7, 11) is -4.43. The largest absolute Gasteiger partial charge is 0.415 e. The Labute approximate surface area is 268 Å². The molecule has 0 N–H and O–H groups in total. The minimum atomic E-state index is -2.77. The number of benzene rings is 1. The molecule has 1 aromatic carbocycles. The molecule has 1 unspecified atom stereocenters. The number of hydrogen-bond acceptors (Lipinski definition) is 5. The zero-order valence-electron chi connectivity index (χ0n) is 30.3. The second-order valence-electron chi connectivity index (χ2n) is 17.2. The van der Waals surface area contributed by atoms with Crippen LogP contribution in [0, 0.1) is 18.8 Å². The molecule has 3 rings (SSSR count). The summed E-state index contributed by atoms with van der Waals surface area (Å²) >= 11 is 0. The Morgan fingerprint density at radius 3 is 2.09 bits per heavy atom. The topological polar surface area (TPSA) is 51.1 Å². The van der Waals surface area contributed by atoms with Gasteiger partial charge in [-0.1, -0.05) is 85.9 Å². The Bertz CT molecular complexity index is 1190. The first-order valence-corrected chi connectivity index (χ1v) is 24.4. The lowest BCUT2D eigenvalue weighted by molar-refractivity contribution is -0.0715. The average molecular weight is 651 g/mol. The smallest absolute Gasteiger partial charge is 0.192 e. The Kier molecular flexibility index (Phi) is 11.4. The van der Waals surface area contributed by atoms with Crippen LogP contribution in [0.15, 0.2) is 33.5 Å². The Balaban J connectivity index is 2.12. The van der Waals surface area contributed by atoms with Crippen molar-refractivity contribution in [2.75, 3.05) is 26.0 Å². The molecule has 1 aliphatic heterocycles. The summed E-state index contributed by atoms with van der Waals surface area (Å²) in [6.07, 6.45) is 5.83. The first-order chi connectivity index (χ1) is 19.5. The third-order valence-corrected chi connectivity index (χ3v) is 23.1. The van der Waals surface area contributed by atoms with Crippen LogP contribution >= 0.6 is 0 Å². The first-order valence-electron chi connectivity index (χ1n) is 16.9. The molecule has 248 valence electrons. The summed E-state index contributed by atoms with van der Waals surface area (Å²) in [5.41, 5.74) is 0.982. The zero-order valence-corrected chi connectivity index (χ0v) is 33.1. The van der Waals surface area contributed by atoms with E-state index >= 15 is 4.21 Å². The predicted octanol–water partition coefficient (Wildman–Crippen LogP) is 9.52. The third kappa shape index (κ3) is 8.26. The molecule has 0 amide bonds. The van der Waals surface area contributed by atoms with Crippen molar-refractivity contribution in [1.82, 2.24) is 4.90 Å². The molecule has 1 aromatic rings. The molecular weight excluding hydrogens is 585 g/mol. The van der Waals surface area contributed by atoms with Crippen molar-refractivity contribution < 1.29 is 13.1 Å². The summed E-state index contributed by atoms with van der Waals surface area (Å²) in [5.74, 6) is 1.15. The standard InChI is InChI=1S/C35H66N2O3SSi2/c1-27(2)31(25-39-42(11,12)33(4,5)6)36-41(38,29-20-18-28(3)19-21-29)26-35-23-16-15-17-30(35)32(22-24-37(35)10)40-43(13,14)34(7,8)9/h18-21,27,30-32H,15-17,22-26H2,1-14H3/t30-,31+,32-,35+,41?/m0/s1. The molecule has 1 aliphatic carbocycles. The van der Waals surface area contributed by atoms with Crippen LogP contribution in [-0.4, -0.2) is 69.4 Å². The molecule has 2 aliphatic rings. The molecule has 1 heterocycles. The van der Waals surface area contributed by atoms with Crippen molar-refractivity contribution in [3.8, 4) is 0 Å². The lowest BCUT2D eigenvalue weighted by Crippen LogP contribution is -2.66. The van der Waals surface area contributed by atoms with Crippen LogP contribution in [0.4, 0.5) is 0 Å². The molecular formula is C35H66N2O3SSi2. The van der Waals surface area contributed by atoms with Crippen LogP contribution in [-0.2, 0) is 18.6 Å². The number of likely N-dealkylation sites (tertiary alicyclic amines) is 1. The second-order valence-corrected chi connectivity index (χ2v) is 29.0. The van der Waals surface area contributed by atoms with Gasteiger partial charge in [-0.3, -0.25) is 4.90 Å². The summed E-state index contributed by atoms with van der Waals surface area (Å²) in [6, 6.07) is 8.23. The Morgan fingerprint density at radius 2 is 1.56 bits per heavy atom. The SMILES string of the molecule is Cc1ccc(S(=O)(C[C@]23CCCC[C@H]2[C@@H](O[Si](C)(C)C(C)(C)C)CCN3C)=N[C@H](CO[Si](C)(C)C(C)(C)C)C(C)C)cc1. The van der Waals surface area contributed by atoms with Gasteiger partial charge in [-0.25, -0.2) is 8.57 Å². The minimum absolute atomic E-state index is 0.116. The number of nitrogens with zero attached hydrogens (tertiary/aromatic N) is 2. The van der Waals surface area contributed by atoms with Crippen LogP contribution in [0.5, 0.6) is 0 Å². The Hall–Kier alpha value is -0.516. The molecule has 5 atom stereocenters. The molecule has 5 nitrogen and oxygen atoms in total. The van der Waals surface area contributed by atoms with Gasteiger partial charge in [-0.2, -0.15) is 0 Å². The van der Waals surface area contributed by atoms with E-state index in [1.165, 1.54) is 18.4 Å². The molecule has 1 saturated carbocycles. The molecule has 43 heavy (non-hydrogen) atoms. The zero-order chi connectivity index (χ0) is 32.6. The van der Waals surface area contributed by atoms with Gasteiger partial charge in [0.05, 0.1) is 34.2 Å². The molecule has 0 aromatic heterocycles. The fourth-order valence-corrected chi connectivity index (χ4v) is 11.7. The van der Waals surface area contributed by atoms with Gasteiger partial charge in [0, 0.05) is 22.9 Å². The first kappa shape index (κ1) is 36.9. The van der Waals surface area contributed by atoms with Crippen LogP contribution < -0.4 is 0 Å². The van der Waals surface area contributed by atoms with Crippen LogP contribution in [0.2, 0.25) is 36.3 Å². The normalized spacial score (nSPS) is 26.6. The van der Waals surface area contributed by atoms with E-state index in [4.69, 9.17) is 13.2 Å². The van der Waals surface area contributed by atoms with E-state index in [0.29, 0.717) is 18.3 Å². The monoisotopic (exact) mass is 650 g/mol. The van der Waals surface area contributed by atoms with E-state index in [1.807, 2.05) is 0 Å². The fraction of sp³-hybridized carbons (Fsp3) is 0.829. The van der Waals surface area contributed by atoms with Gasteiger partial charge in [-0.15, -0.1) is 0 Å². The van der Waals surface area contributed by atoms with Crippen molar-refractivity contribution in [2.24, 2.45) is 16.2 Å². The van der Waals surface area contributed by atoms with E-state index in [2.05, 4.69) is 125 Å². The van der Waals surface area contributed by atoms with Crippen LogP contribution in [0.3, 0.4) is 0 Å². The highest BCUT2D eigenvalue weighted by molar-refractivity contribution is 7.93. The summed E-state index contributed by atoms with van der Waals surface area (Å²) in [6.45, 7) is 31.2. The van der Waals surface area contributed by atoms with Gasteiger partial charge in [0.2, 0.25) is 0 Å². The number of fused-ring (bicyclic) bond motifs is 1. The van der Waals surface area contributed by atoms with Crippen molar-refractivity contribution in [3.63, 3.8) is 0 Å². The fourth-order valence-electron chi connectivity index (χ4n) is 6.33. The molecule has 0 radical (unpaired) electrons. The average Bonchev–Trinajstić information content (AvgIpc) is 2.87. The van der Waals surface area contributed by atoms with E-state index in [0.717, 1.165) is 30.7 Å². The minimum Gasteiger partial charge on any atom is -0.415 e. The quantitative estimate of drug-likeness (QED) is 0.237. The van der Waals surface area contributed by atoms with Gasteiger partial charge in [0.15, 0.2) is 16.6 Å². The highest BCUT2D eigenvalue weighted by Crippen LogP contribution is 2.49. The Morgan fingerprint density at radius 1 is 0.977 bits per heavy atom. The van der Waals surface area contributed by atoms with Gasteiger partial charge in [-0.05, 0) is 87.5 Å². The van der Waals surface area contributed by atoms with Crippen molar-refractivity contribution in [2.45, 2.75) is 153 Å². The third-order valence-electron chi connectivity index (χ3n) is 11.6. The number of piperidine rings is 1. The predicted molar refractivity (Wildman–Crippen MR) is 191 cm³/mol. The van der Waals surface area contributed by atoms with Crippen LogP contribution in [0.25, 0.3) is 0 Å². The lowest BCUT2D eigenvalue weighted by atomic mass is 9.67. The van der Waals surface area contributed by atoms with Crippen molar-refractivity contribution >= 4 is 26.4 Å².